The molecule has 1 aromatic carbocycles. The van der Waals surface area contributed by atoms with Gasteiger partial charge in [-0.2, -0.15) is 0 Å². The first-order chi connectivity index (χ1) is 13.5. The Bertz CT molecular complexity index is 665. The lowest BCUT2D eigenvalue weighted by Crippen LogP contribution is -2.39. The molecule has 0 radical (unpaired) electrons. The maximum absolute atomic E-state index is 9.77. The summed E-state index contributed by atoms with van der Waals surface area (Å²) in [5, 5.41) is 37.3. The third-order valence-electron chi connectivity index (χ3n) is 4.36. The fourth-order valence-electron chi connectivity index (χ4n) is 2.92. The number of halogens is 2. The molecule has 0 amide bonds. The van der Waals surface area contributed by atoms with Crippen molar-refractivity contribution in [3.63, 3.8) is 0 Å². The van der Waals surface area contributed by atoms with Crippen molar-refractivity contribution in [1.82, 2.24) is 10.2 Å². The summed E-state index contributed by atoms with van der Waals surface area (Å²) in [6, 6.07) is 6.50. The van der Waals surface area contributed by atoms with Crippen molar-refractivity contribution in [2.45, 2.75) is 45.1 Å². The first-order valence-electron chi connectivity index (χ1n) is 9.24. The number of hydrogen-bond donors (Lipinski definition) is 5. The smallest absolute Gasteiger partial charge is 0.335 e. The van der Waals surface area contributed by atoms with E-state index in [-0.39, 0.29) is 0 Å². The topological polar surface area (TPSA) is 130 Å². The van der Waals surface area contributed by atoms with E-state index in [1.54, 1.807) is 0 Å². The van der Waals surface area contributed by atoms with Crippen LogP contribution in [0.5, 0.6) is 0 Å². The average Bonchev–Trinajstić information content (AvgIpc) is 3.18. The van der Waals surface area contributed by atoms with Crippen LogP contribution in [0, 0.1) is 5.92 Å². The van der Waals surface area contributed by atoms with Gasteiger partial charge in [0, 0.05) is 25.7 Å². The lowest BCUT2D eigenvalue weighted by molar-refractivity contribution is -0.165. The monoisotopic (exact) mass is 450 g/mol. The van der Waals surface area contributed by atoms with Gasteiger partial charge in [0.2, 0.25) is 0 Å². The molecule has 5 N–H and O–H groups in total. The van der Waals surface area contributed by atoms with Crippen LogP contribution in [0.1, 0.15) is 25.8 Å². The van der Waals surface area contributed by atoms with Crippen molar-refractivity contribution in [2.75, 3.05) is 19.6 Å². The Labute approximate surface area is 180 Å². The van der Waals surface area contributed by atoms with Gasteiger partial charge in [0.15, 0.2) is 12.2 Å². The van der Waals surface area contributed by atoms with E-state index in [1.807, 2.05) is 12.1 Å². The molecule has 0 spiro atoms. The number of carboxylic acids is 2. The lowest BCUT2D eigenvalue weighted by atomic mass is 10.1. The standard InChI is InChI=1S/C15H22Cl2N2.C4H6O6/c1-11(2)9-19(13-6-7-18-8-13)10-12-4-3-5-14(16)15(12)17;5-1(3(7)8)2(6)4(9)10/h3-5,11,13,18H,6-10H2,1-2H3;1-2,5-6H,(H,7,8)(H,9,10)/t13-;1-,2-/m01/s1. The predicted molar refractivity (Wildman–Crippen MR) is 110 cm³/mol. The number of benzene rings is 1. The summed E-state index contributed by atoms with van der Waals surface area (Å²) in [6.07, 6.45) is -3.32. The van der Waals surface area contributed by atoms with E-state index >= 15 is 0 Å². The minimum atomic E-state index is -2.27. The zero-order valence-corrected chi connectivity index (χ0v) is 17.9. The SMILES string of the molecule is CC(C)CN(Cc1cccc(Cl)c1Cl)[C@H]1CCNC1.O=C(O)[C@H](O)[C@@H](O)C(=O)O. The molecule has 1 heterocycles. The lowest BCUT2D eigenvalue weighted by Gasteiger charge is -2.30. The molecule has 164 valence electrons. The maximum atomic E-state index is 9.77. The van der Waals surface area contributed by atoms with E-state index in [1.165, 1.54) is 6.42 Å². The highest BCUT2D eigenvalue weighted by molar-refractivity contribution is 6.42. The van der Waals surface area contributed by atoms with Gasteiger partial charge >= 0.3 is 11.9 Å². The zero-order valence-electron chi connectivity index (χ0n) is 16.4. The zero-order chi connectivity index (χ0) is 22.1. The van der Waals surface area contributed by atoms with Crippen molar-refractivity contribution in [3.8, 4) is 0 Å². The summed E-state index contributed by atoms with van der Waals surface area (Å²) in [4.78, 5) is 22.1. The highest BCUT2D eigenvalue weighted by Gasteiger charge is 2.29. The molecule has 1 saturated heterocycles. The summed E-state index contributed by atoms with van der Waals surface area (Å²) in [5.41, 5.74) is 1.13. The fourth-order valence-corrected chi connectivity index (χ4v) is 3.30. The van der Waals surface area contributed by atoms with Crippen LogP contribution >= 0.6 is 23.2 Å². The summed E-state index contributed by atoms with van der Waals surface area (Å²) >= 11 is 12.4. The molecule has 8 nitrogen and oxygen atoms in total. The number of aliphatic hydroxyl groups excluding tert-OH is 2. The van der Waals surface area contributed by atoms with Crippen LogP contribution in [0.4, 0.5) is 0 Å². The van der Waals surface area contributed by atoms with Gasteiger partial charge in [-0.1, -0.05) is 49.2 Å². The number of nitrogens with one attached hydrogen (secondary N) is 1. The van der Waals surface area contributed by atoms with E-state index in [2.05, 4.69) is 30.1 Å². The second-order valence-corrected chi connectivity index (χ2v) is 8.03. The van der Waals surface area contributed by atoms with Gasteiger partial charge in [-0.25, -0.2) is 9.59 Å². The normalized spacial score (nSPS) is 18.3. The Morgan fingerprint density at radius 1 is 1.17 bits per heavy atom. The van der Waals surface area contributed by atoms with Crippen molar-refractivity contribution in [3.05, 3.63) is 33.8 Å². The molecule has 29 heavy (non-hydrogen) atoms. The highest BCUT2D eigenvalue weighted by Crippen LogP contribution is 2.27. The van der Waals surface area contributed by atoms with E-state index in [4.69, 9.17) is 43.6 Å². The second-order valence-electron chi connectivity index (χ2n) is 7.25. The number of carboxylic acid groups (broad SMARTS) is 2. The Morgan fingerprint density at radius 2 is 1.76 bits per heavy atom. The van der Waals surface area contributed by atoms with E-state index in [0.29, 0.717) is 22.0 Å². The fraction of sp³-hybridized carbons (Fsp3) is 0.579. The number of rotatable bonds is 8. The van der Waals surface area contributed by atoms with Crippen LogP contribution in [0.3, 0.4) is 0 Å². The Hall–Kier alpha value is -1.42. The van der Waals surface area contributed by atoms with Gasteiger partial charge in [0.05, 0.1) is 10.0 Å². The summed E-state index contributed by atoms with van der Waals surface area (Å²) < 4.78 is 0. The molecule has 0 aliphatic carbocycles. The minimum absolute atomic E-state index is 0.609. The molecule has 0 bridgehead atoms. The first-order valence-corrected chi connectivity index (χ1v) is 9.99. The van der Waals surface area contributed by atoms with Crippen LogP contribution in [0.15, 0.2) is 18.2 Å². The van der Waals surface area contributed by atoms with E-state index in [0.717, 1.165) is 31.7 Å². The van der Waals surface area contributed by atoms with Crippen LogP contribution in [-0.2, 0) is 16.1 Å². The Kier molecular flexibility index (Phi) is 10.9. The quantitative estimate of drug-likeness (QED) is 0.404. The largest absolute Gasteiger partial charge is 0.479 e. The number of carbonyl (C=O) groups is 2. The van der Waals surface area contributed by atoms with Crippen molar-refractivity contribution < 1.29 is 30.0 Å². The van der Waals surface area contributed by atoms with Gasteiger partial charge in [-0.3, -0.25) is 4.90 Å². The molecule has 1 aliphatic rings. The molecule has 0 unspecified atom stereocenters. The molecule has 1 fully saturated rings. The minimum Gasteiger partial charge on any atom is -0.479 e. The molecule has 2 rings (SSSR count). The van der Waals surface area contributed by atoms with Crippen LogP contribution in [0.2, 0.25) is 10.0 Å². The molecule has 0 saturated carbocycles. The average molecular weight is 451 g/mol. The molecular formula is C19H28Cl2N2O6. The number of aliphatic hydroxyl groups is 2. The van der Waals surface area contributed by atoms with Crippen molar-refractivity contribution in [2.24, 2.45) is 5.92 Å². The molecule has 10 heteroatoms. The first kappa shape index (κ1) is 25.6. The summed E-state index contributed by atoms with van der Waals surface area (Å²) in [7, 11) is 0. The molecule has 1 aliphatic heterocycles. The maximum Gasteiger partial charge on any atom is 0.335 e. The van der Waals surface area contributed by atoms with E-state index in [9.17, 15) is 9.59 Å². The highest BCUT2D eigenvalue weighted by atomic mass is 35.5. The summed E-state index contributed by atoms with van der Waals surface area (Å²) in [6.45, 7) is 8.68. The van der Waals surface area contributed by atoms with Crippen LogP contribution in [0.25, 0.3) is 0 Å². The number of hydrogen-bond acceptors (Lipinski definition) is 6. The van der Waals surface area contributed by atoms with Crippen LogP contribution in [-0.4, -0.2) is 75.1 Å². The molecule has 3 atom stereocenters. The Balaban J connectivity index is 0.000000359. The predicted octanol–water partition coefficient (Wildman–Crippen LogP) is 1.69. The van der Waals surface area contributed by atoms with Gasteiger partial charge in [-0.15, -0.1) is 0 Å². The van der Waals surface area contributed by atoms with Crippen molar-refractivity contribution in [1.29, 1.82) is 0 Å². The van der Waals surface area contributed by atoms with Gasteiger partial charge in [0.25, 0.3) is 0 Å². The third kappa shape index (κ3) is 8.46. The number of nitrogens with zero attached hydrogens (tertiary/aromatic N) is 1. The molecular weight excluding hydrogens is 423 g/mol. The number of aliphatic carboxylic acids is 2. The second kappa shape index (κ2) is 12.3. The third-order valence-corrected chi connectivity index (χ3v) is 5.22. The summed E-state index contributed by atoms with van der Waals surface area (Å²) in [5.74, 6) is -2.89. The molecule has 0 aromatic heterocycles. The molecule has 1 aromatic rings. The Morgan fingerprint density at radius 3 is 2.21 bits per heavy atom. The van der Waals surface area contributed by atoms with Crippen LogP contribution < -0.4 is 5.32 Å². The van der Waals surface area contributed by atoms with Gasteiger partial charge in [0.1, 0.15) is 0 Å². The van der Waals surface area contributed by atoms with Crippen molar-refractivity contribution >= 4 is 35.1 Å². The van der Waals surface area contributed by atoms with Gasteiger partial charge < -0.3 is 25.7 Å². The van der Waals surface area contributed by atoms with Gasteiger partial charge in [-0.05, 0) is 30.5 Å². The van der Waals surface area contributed by atoms with E-state index < -0.39 is 24.1 Å².